The van der Waals surface area contributed by atoms with E-state index in [2.05, 4.69) is 32.8 Å². The summed E-state index contributed by atoms with van der Waals surface area (Å²) in [4.78, 5) is 18.5. The van der Waals surface area contributed by atoms with Crippen LogP contribution in [0.2, 0.25) is 0 Å². The van der Waals surface area contributed by atoms with Gasteiger partial charge in [0.1, 0.15) is 5.76 Å². The second-order valence-corrected chi connectivity index (χ2v) is 6.44. The molecular weight excluding hydrogens is 445 g/mol. The highest BCUT2D eigenvalue weighted by atomic mass is 127. The number of nitrogens with zero attached hydrogens (tertiary/aromatic N) is 2. The van der Waals surface area contributed by atoms with E-state index in [9.17, 15) is 4.79 Å². The molecule has 0 saturated carbocycles. The topological polar surface area (TPSA) is 81.9 Å². The van der Waals surface area contributed by atoms with Gasteiger partial charge in [0.25, 0.3) is 0 Å². The lowest BCUT2D eigenvalue weighted by molar-refractivity contribution is -0.120. The zero-order chi connectivity index (χ0) is 17.9. The van der Waals surface area contributed by atoms with Crippen molar-refractivity contribution in [2.75, 3.05) is 33.2 Å². The molecule has 1 aliphatic heterocycles. The fourth-order valence-corrected chi connectivity index (χ4v) is 3.02. The molecule has 1 fully saturated rings. The Morgan fingerprint density at radius 2 is 2.19 bits per heavy atom. The van der Waals surface area contributed by atoms with Gasteiger partial charge in [-0.1, -0.05) is 6.42 Å². The number of nitrogens with one attached hydrogen (secondary N) is 3. The second kappa shape index (κ2) is 13.0. The molecule has 26 heavy (non-hydrogen) atoms. The Balaban J connectivity index is 0.00000338. The van der Waals surface area contributed by atoms with E-state index in [0.717, 1.165) is 25.3 Å². The third-order valence-corrected chi connectivity index (χ3v) is 4.54. The molecule has 2 rings (SSSR count). The number of furan rings is 1. The molecule has 0 spiro atoms. The average molecular weight is 477 g/mol. The number of piperidine rings is 1. The minimum absolute atomic E-state index is 0. The van der Waals surface area contributed by atoms with Crippen molar-refractivity contribution in [1.82, 2.24) is 20.9 Å². The summed E-state index contributed by atoms with van der Waals surface area (Å²) in [6.07, 6.45) is 6.64. The summed E-state index contributed by atoms with van der Waals surface area (Å²) in [5, 5.41) is 9.09. The Bertz CT molecular complexity index is 536. The van der Waals surface area contributed by atoms with Gasteiger partial charge in [-0.25, -0.2) is 0 Å². The molecule has 0 aromatic carbocycles. The van der Waals surface area contributed by atoms with Gasteiger partial charge in [-0.3, -0.25) is 9.79 Å². The molecule has 1 unspecified atom stereocenters. The third-order valence-electron chi connectivity index (χ3n) is 4.54. The number of carbonyl (C=O) groups excluding carboxylic acids is 1. The van der Waals surface area contributed by atoms with Crippen LogP contribution >= 0.6 is 24.0 Å². The molecule has 148 valence electrons. The van der Waals surface area contributed by atoms with Gasteiger partial charge in [0.2, 0.25) is 5.91 Å². The van der Waals surface area contributed by atoms with Crippen LogP contribution in [0.3, 0.4) is 0 Å². The van der Waals surface area contributed by atoms with E-state index in [1.165, 1.54) is 25.8 Å². The molecule has 1 aromatic heterocycles. The smallest absolute Gasteiger partial charge is 0.239 e. The van der Waals surface area contributed by atoms with Gasteiger partial charge in [-0.05, 0) is 44.9 Å². The van der Waals surface area contributed by atoms with Crippen molar-refractivity contribution in [3.05, 3.63) is 24.2 Å². The van der Waals surface area contributed by atoms with Gasteiger partial charge >= 0.3 is 0 Å². The maximum Gasteiger partial charge on any atom is 0.239 e. The normalized spacial score (nSPS) is 18.1. The van der Waals surface area contributed by atoms with Crippen molar-refractivity contribution in [3.8, 4) is 0 Å². The summed E-state index contributed by atoms with van der Waals surface area (Å²) in [6, 6.07) is 4.33. The van der Waals surface area contributed by atoms with E-state index in [-0.39, 0.29) is 36.4 Å². The molecule has 1 amide bonds. The number of carbonyl (C=O) groups is 1. The van der Waals surface area contributed by atoms with Gasteiger partial charge in [0, 0.05) is 26.2 Å². The monoisotopic (exact) mass is 477 g/mol. The second-order valence-electron chi connectivity index (χ2n) is 6.44. The van der Waals surface area contributed by atoms with Crippen molar-refractivity contribution < 1.29 is 9.21 Å². The van der Waals surface area contributed by atoms with Gasteiger partial charge in [0.05, 0.1) is 19.4 Å². The molecule has 1 atom stereocenters. The van der Waals surface area contributed by atoms with Crippen molar-refractivity contribution >= 4 is 35.8 Å². The van der Waals surface area contributed by atoms with Crippen LogP contribution in [0.15, 0.2) is 27.8 Å². The summed E-state index contributed by atoms with van der Waals surface area (Å²) in [5.41, 5.74) is 0. The number of likely N-dealkylation sites (tertiary alicyclic amines) is 1. The van der Waals surface area contributed by atoms with Crippen LogP contribution in [0.5, 0.6) is 0 Å². The minimum Gasteiger partial charge on any atom is -0.467 e. The van der Waals surface area contributed by atoms with Crippen LogP contribution in [0, 0.1) is 0 Å². The number of halogens is 1. The fourth-order valence-electron chi connectivity index (χ4n) is 3.02. The molecule has 1 aliphatic rings. The van der Waals surface area contributed by atoms with Crippen LogP contribution in [0.1, 0.15) is 38.4 Å². The quantitative estimate of drug-likeness (QED) is 0.231. The van der Waals surface area contributed by atoms with E-state index in [1.807, 2.05) is 6.07 Å². The highest BCUT2D eigenvalue weighted by Gasteiger charge is 2.17. The van der Waals surface area contributed by atoms with E-state index in [1.54, 1.807) is 19.4 Å². The minimum atomic E-state index is -0.0958. The van der Waals surface area contributed by atoms with Crippen molar-refractivity contribution in [2.24, 2.45) is 4.99 Å². The summed E-state index contributed by atoms with van der Waals surface area (Å²) in [6.45, 7) is 6.06. The molecule has 2 heterocycles. The van der Waals surface area contributed by atoms with E-state index in [4.69, 9.17) is 4.42 Å². The maximum atomic E-state index is 11.8. The molecule has 0 aliphatic carbocycles. The lowest BCUT2D eigenvalue weighted by Gasteiger charge is -2.33. The Morgan fingerprint density at radius 3 is 2.88 bits per heavy atom. The number of amides is 1. The van der Waals surface area contributed by atoms with Crippen LogP contribution in [0.25, 0.3) is 0 Å². The first-order valence-electron chi connectivity index (χ1n) is 9.16. The highest BCUT2D eigenvalue weighted by Crippen LogP contribution is 2.15. The van der Waals surface area contributed by atoms with E-state index < -0.39 is 0 Å². The van der Waals surface area contributed by atoms with Crippen LogP contribution < -0.4 is 16.0 Å². The number of guanidine groups is 1. The van der Waals surface area contributed by atoms with Crippen molar-refractivity contribution in [2.45, 2.75) is 45.2 Å². The predicted molar refractivity (Wildman–Crippen MR) is 115 cm³/mol. The summed E-state index contributed by atoms with van der Waals surface area (Å²) in [7, 11) is 1.71. The first-order valence-corrected chi connectivity index (χ1v) is 9.16. The first kappa shape index (κ1) is 22.8. The largest absolute Gasteiger partial charge is 0.467 e. The molecule has 0 radical (unpaired) electrons. The SMILES string of the molecule is CN=C(NCCCN1CCCCC1C)NCC(=O)NCc1ccco1.I. The van der Waals surface area contributed by atoms with Crippen LogP contribution in [0.4, 0.5) is 0 Å². The highest BCUT2D eigenvalue weighted by molar-refractivity contribution is 14.0. The van der Waals surface area contributed by atoms with Crippen LogP contribution in [-0.4, -0.2) is 56.0 Å². The first-order chi connectivity index (χ1) is 12.2. The zero-order valence-corrected chi connectivity index (χ0v) is 18.1. The van der Waals surface area contributed by atoms with E-state index in [0.29, 0.717) is 18.5 Å². The molecular formula is C18H32IN5O2. The number of hydrogen-bond donors (Lipinski definition) is 3. The Labute approximate surface area is 173 Å². The van der Waals surface area contributed by atoms with E-state index >= 15 is 0 Å². The van der Waals surface area contributed by atoms with Crippen LogP contribution in [-0.2, 0) is 11.3 Å². The molecule has 0 bridgehead atoms. The maximum absolute atomic E-state index is 11.8. The summed E-state index contributed by atoms with van der Waals surface area (Å²) in [5.74, 6) is 1.30. The predicted octanol–water partition coefficient (Wildman–Crippen LogP) is 1.94. The van der Waals surface area contributed by atoms with Gasteiger partial charge in [-0.2, -0.15) is 0 Å². The number of hydrogen-bond acceptors (Lipinski definition) is 4. The van der Waals surface area contributed by atoms with Gasteiger partial charge in [-0.15, -0.1) is 24.0 Å². The molecule has 7 nitrogen and oxygen atoms in total. The Hall–Kier alpha value is -1.29. The number of rotatable bonds is 8. The molecule has 3 N–H and O–H groups in total. The number of aliphatic imine (C=N–C) groups is 1. The summed E-state index contributed by atoms with van der Waals surface area (Å²) < 4.78 is 5.18. The van der Waals surface area contributed by atoms with Gasteiger partial charge < -0.3 is 25.3 Å². The Morgan fingerprint density at radius 1 is 1.35 bits per heavy atom. The lowest BCUT2D eigenvalue weighted by atomic mass is 10.0. The molecule has 8 heteroatoms. The van der Waals surface area contributed by atoms with Gasteiger partial charge in [0.15, 0.2) is 5.96 Å². The zero-order valence-electron chi connectivity index (χ0n) is 15.8. The molecule has 1 aromatic rings. The summed E-state index contributed by atoms with van der Waals surface area (Å²) >= 11 is 0. The average Bonchev–Trinajstić information content (AvgIpc) is 3.14. The standard InChI is InChI=1S/C18H31N5O2.HI/c1-15-7-3-4-10-23(15)11-6-9-20-18(19-2)22-14-17(24)21-13-16-8-5-12-25-16;/h5,8,12,15H,3-4,6-7,9-11,13-14H2,1-2H3,(H,21,24)(H2,19,20,22);1H. The Kier molecular flexibility index (Phi) is 11.3. The fraction of sp³-hybridized carbons (Fsp3) is 0.667. The van der Waals surface area contributed by atoms with Crippen molar-refractivity contribution in [1.29, 1.82) is 0 Å². The lowest BCUT2D eigenvalue weighted by Crippen LogP contribution is -2.44. The van der Waals surface area contributed by atoms with Crippen molar-refractivity contribution in [3.63, 3.8) is 0 Å². The third kappa shape index (κ3) is 8.39. The molecule has 1 saturated heterocycles.